The molecule has 0 aliphatic heterocycles. The summed E-state index contributed by atoms with van der Waals surface area (Å²) >= 11 is 0. The van der Waals surface area contributed by atoms with E-state index >= 15 is 0 Å². The van der Waals surface area contributed by atoms with Crippen molar-refractivity contribution in [2.24, 2.45) is 23.7 Å². The monoisotopic (exact) mass is 374 g/mol. The average molecular weight is 374 g/mol. The van der Waals surface area contributed by atoms with Crippen LogP contribution in [-0.2, 0) is 0 Å². The van der Waals surface area contributed by atoms with E-state index < -0.39 is 23.7 Å². The topological polar surface area (TPSA) is 9.23 Å². The first-order valence-electron chi connectivity index (χ1n) is 9.37. The number of alkyl halides is 2. The standard InChI is InChI=1S/C20H26F4O.CH4/c1-13-2-4-14(5-3-13)15-6-8-16(9-7-15)20(23,24)25-17-10-11-18(21)19(22)12-17;/h10-16H,2-9H2,1H3;1H4. The maximum Gasteiger partial charge on any atom is 0.400 e. The molecule has 0 spiro atoms. The smallest absolute Gasteiger partial charge is 0.400 e. The van der Waals surface area contributed by atoms with Crippen LogP contribution < -0.4 is 4.74 Å². The van der Waals surface area contributed by atoms with Crippen molar-refractivity contribution < 1.29 is 22.3 Å². The fourth-order valence-corrected chi connectivity index (χ4v) is 4.46. The first kappa shape index (κ1) is 21.0. The van der Waals surface area contributed by atoms with Gasteiger partial charge in [-0.15, -0.1) is 0 Å². The van der Waals surface area contributed by atoms with Crippen LogP contribution in [0.2, 0.25) is 0 Å². The molecule has 5 heteroatoms. The lowest BCUT2D eigenvalue weighted by molar-refractivity contribution is -0.224. The van der Waals surface area contributed by atoms with Crippen LogP contribution in [0.4, 0.5) is 17.6 Å². The van der Waals surface area contributed by atoms with Crippen molar-refractivity contribution in [2.75, 3.05) is 0 Å². The maximum absolute atomic E-state index is 14.4. The van der Waals surface area contributed by atoms with Gasteiger partial charge in [0.05, 0.1) is 5.92 Å². The van der Waals surface area contributed by atoms with Gasteiger partial charge in [0.1, 0.15) is 5.75 Å². The number of halogens is 4. The summed E-state index contributed by atoms with van der Waals surface area (Å²) in [6.07, 6.45) is 4.05. The van der Waals surface area contributed by atoms with Crippen LogP contribution >= 0.6 is 0 Å². The van der Waals surface area contributed by atoms with E-state index in [0.717, 1.165) is 30.9 Å². The summed E-state index contributed by atoms with van der Waals surface area (Å²) in [6, 6.07) is 2.53. The van der Waals surface area contributed by atoms with Crippen molar-refractivity contribution in [3.8, 4) is 5.75 Å². The number of benzene rings is 1. The normalized spacial score (nSPS) is 29.7. The van der Waals surface area contributed by atoms with E-state index in [4.69, 9.17) is 4.74 Å². The Balaban J connectivity index is 0.00000243. The predicted octanol–water partition coefficient (Wildman–Crippen LogP) is 7.21. The zero-order valence-electron chi connectivity index (χ0n) is 14.6. The molecule has 0 aromatic heterocycles. The van der Waals surface area contributed by atoms with E-state index in [0.29, 0.717) is 30.7 Å². The van der Waals surface area contributed by atoms with Gasteiger partial charge in [0.15, 0.2) is 11.6 Å². The van der Waals surface area contributed by atoms with E-state index in [1.807, 2.05) is 0 Å². The SMILES string of the molecule is C.CC1CCC(C2CCC(C(F)(F)Oc3ccc(F)c(F)c3)CC2)CC1. The highest BCUT2D eigenvalue weighted by Crippen LogP contribution is 2.45. The molecule has 2 saturated carbocycles. The third-order valence-corrected chi connectivity index (χ3v) is 6.12. The second-order valence-corrected chi connectivity index (χ2v) is 7.87. The molecule has 0 radical (unpaired) electrons. The summed E-state index contributed by atoms with van der Waals surface area (Å²) in [6.45, 7) is 2.28. The molecule has 2 aliphatic carbocycles. The van der Waals surface area contributed by atoms with Crippen LogP contribution in [0.1, 0.15) is 65.7 Å². The number of hydrogen-bond donors (Lipinski definition) is 0. The van der Waals surface area contributed by atoms with Gasteiger partial charge in [0.2, 0.25) is 0 Å². The van der Waals surface area contributed by atoms with E-state index in [9.17, 15) is 17.6 Å². The number of rotatable bonds is 4. The Morgan fingerprint density at radius 2 is 1.38 bits per heavy atom. The van der Waals surface area contributed by atoms with Crippen LogP contribution in [0.25, 0.3) is 0 Å². The minimum atomic E-state index is -3.35. The van der Waals surface area contributed by atoms with Gasteiger partial charge in [-0.3, -0.25) is 0 Å². The summed E-state index contributed by atoms with van der Waals surface area (Å²) in [4.78, 5) is 0. The molecular formula is C21H30F4O. The van der Waals surface area contributed by atoms with E-state index in [1.54, 1.807) is 0 Å². The Bertz CT molecular complexity index is 573. The first-order chi connectivity index (χ1) is 11.8. The van der Waals surface area contributed by atoms with Crippen LogP contribution in [0.15, 0.2) is 18.2 Å². The van der Waals surface area contributed by atoms with Crippen LogP contribution in [-0.4, -0.2) is 6.11 Å². The molecule has 26 heavy (non-hydrogen) atoms. The van der Waals surface area contributed by atoms with Crippen molar-refractivity contribution >= 4 is 0 Å². The number of hydrogen-bond acceptors (Lipinski definition) is 1. The van der Waals surface area contributed by atoms with Gasteiger partial charge in [0.25, 0.3) is 0 Å². The molecular weight excluding hydrogens is 344 g/mol. The third-order valence-electron chi connectivity index (χ3n) is 6.12. The molecule has 1 aromatic carbocycles. The van der Waals surface area contributed by atoms with Gasteiger partial charge in [-0.25, -0.2) is 8.78 Å². The summed E-state index contributed by atoms with van der Waals surface area (Å²) in [5.74, 6) is -1.42. The second kappa shape index (κ2) is 8.62. The van der Waals surface area contributed by atoms with Gasteiger partial charge >= 0.3 is 6.11 Å². The number of ether oxygens (including phenoxy) is 1. The lowest BCUT2D eigenvalue weighted by Gasteiger charge is -2.38. The van der Waals surface area contributed by atoms with Crippen LogP contribution in [0.5, 0.6) is 5.75 Å². The molecule has 1 aromatic rings. The van der Waals surface area contributed by atoms with E-state index in [2.05, 4.69) is 6.92 Å². The van der Waals surface area contributed by atoms with Crippen molar-refractivity contribution in [1.29, 1.82) is 0 Å². The van der Waals surface area contributed by atoms with Crippen molar-refractivity contribution in [1.82, 2.24) is 0 Å². The highest BCUT2D eigenvalue weighted by molar-refractivity contribution is 5.24. The minimum Gasteiger partial charge on any atom is -0.432 e. The molecule has 1 nitrogen and oxygen atoms in total. The zero-order chi connectivity index (χ0) is 18.0. The Morgan fingerprint density at radius 3 is 1.92 bits per heavy atom. The van der Waals surface area contributed by atoms with Gasteiger partial charge in [-0.2, -0.15) is 8.78 Å². The molecule has 0 bridgehead atoms. The van der Waals surface area contributed by atoms with Gasteiger partial charge in [-0.1, -0.05) is 27.2 Å². The lowest BCUT2D eigenvalue weighted by Crippen LogP contribution is -2.38. The van der Waals surface area contributed by atoms with Crippen molar-refractivity contribution in [3.05, 3.63) is 29.8 Å². The van der Waals surface area contributed by atoms with Gasteiger partial charge in [0, 0.05) is 6.07 Å². The molecule has 2 aliphatic rings. The minimum absolute atomic E-state index is 0. The molecule has 2 fully saturated rings. The molecule has 0 unspecified atom stereocenters. The predicted molar refractivity (Wildman–Crippen MR) is 95.2 cm³/mol. The fourth-order valence-electron chi connectivity index (χ4n) is 4.46. The summed E-state index contributed by atoms with van der Waals surface area (Å²) in [5.41, 5.74) is 0. The fraction of sp³-hybridized carbons (Fsp3) is 0.714. The molecule has 3 rings (SSSR count). The molecule has 0 N–H and O–H groups in total. The molecule has 0 saturated heterocycles. The average Bonchev–Trinajstić information content (AvgIpc) is 2.59. The zero-order valence-corrected chi connectivity index (χ0v) is 14.6. The highest BCUT2D eigenvalue weighted by atomic mass is 19.3. The first-order valence-corrected chi connectivity index (χ1v) is 9.37. The van der Waals surface area contributed by atoms with Crippen LogP contribution in [0, 0.1) is 35.3 Å². The van der Waals surface area contributed by atoms with E-state index in [1.165, 1.54) is 25.7 Å². The summed E-state index contributed by atoms with van der Waals surface area (Å²) < 4.78 is 59.6. The Kier molecular flexibility index (Phi) is 6.98. The Morgan fingerprint density at radius 1 is 0.846 bits per heavy atom. The lowest BCUT2D eigenvalue weighted by atomic mass is 9.69. The molecule has 148 valence electrons. The molecule has 0 heterocycles. The Hall–Kier alpha value is -1.26. The van der Waals surface area contributed by atoms with Crippen molar-refractivity contribution in [2.45, 2.75) is 71.8 Å². The van der Waals surface area contributed by atoms with E-state index in [-0.39, 0.29) is 13.2 Å². The quantitative estimate of drug-likeness (QED) is 0.506. The van der Waals surface area contributed by atoms with Gasteiger partial charge < -0.3 is 4.74 Å². The second-order valence-electron chi connectivity index (χ2n) is 7.87. The summed E-state index contributed by atoms with van der Waals surface area (Å²) in [5, 5.41) is 0. The van der Waals surface area contributed by atoms with Crippen molar-refractivity contribution in [3.63, 3.8) is 0 Å². The van der Waals surface area contributed by atoms with Crippen LogP contribution in [0.3, 0.4) is 0 Å². The molecule has 0 amide bonds. The summed E-state index contributed by atoms with van der Waals surface area (Å²) in [7, 11) is 0. The largest absolute Gasteiger partial charge is 0.432 e. The Labute approximate surface area is 154 Å². The highest BCUT2D eigenvalue weighted by Gasteiger charge is 2.45. The van der Waals surface area contributed by atoms with Gasteiger partial charge in [-0.05, 0) is 68.4 Å². The molecule has 0 atom stereocenters. The maximum atomic E-state index is 14.4. The third kappa shape index (κ3) is 4.92.